The summed E-state index contributed by atoms with van der Waals surface area (Å²) in [5.74, 6) is -0.167. The van der Waals surface area contributed by atoms with Crippen LogP contribution in [0.2, 0.25) is 0 Å². The van der Waals surface area contributed by atoms with E-state index in [-0.39, 0.29) is 18.0 Å². The predicted molar refractivity (Wildman–Crippen MR) is 79.5 cm³/mol. The smallest absolute Gasteiger partial charge is 0.251 e. The molecule has 0 aliphatic heterocycles. The monoisotopic (exact) mass is 296 g/mol. The summed E-state index contributed by atoms with van der Waals surface area (Å²) in [5.41, 5.74) is 1.79. The number of amides is 1. The van der Waals surface area contributed by atoms with Crippen LogP contribution in [0.5, 0.6) is 0 Å². The van der Waals surface area contributed by atoms with E-state index in [0.717, 1.165) is 5.56 Å². The van der Waals surface area contributed by atoms with Gasteiger partial charge in [-0.3, -0.25) is 4.79 Å². The van der Waals surface area contributed by atoms with Crippen molar-refractivity contribution >= 4 is 5.91 Å². The highest BCUT2D eigenvalue weighted by Crippen LogP contribution is 2.19. The highest BCUT2D eigenvalue weighted by atomic mass is 19.1. The number of nitrogens with one attached hydrogen (secondary N) is 1. The van der Waals surface area contributed by atoms with Gasteiger partial charge in [-0.1, -0.05) is 41.6 Å². The first-order valence-electron chi connectivity index (χ1n) is 6.77. The first-order valence-corrected chi connectivity index (χ1v) is 6.77. The van der Waals surface area contributed by atoms with Crippen LogP contribution in [-0.2, 0) is 6.54 Å². The maximum atomic E-state index is 13.1. The summed E-state index contributed by atoms with van der Waals surface area (Å²) < 4.78 is 18.3. The van der Waals surface area contributed by atoms with Crippen LogP contribution in [0.15, 0.2) is 65.2 Å². The minimum Gasteiger partial charge on any atom is -0.356 e. The molecule has 3 aromatic rings. The van der Waals surface area contributed by atoms with Gasteiger partial charge < -0.3 is 9.84 Å². The summed E-state index contributed by atoms with van der Waals surface area (Å²) in [4.78, 5) is 11.9. The summed E-state index contributed by atoms with van der Waals surface area (Å²) in [6, 6.07) is 16.8. The van der Waals surface area contributed by atoms with Gasteiger partial charge in [0.15, 0.2) is 5.76 Å². The van der Waals surface area contributed by atoms with Crippen molar-refractivity contribution in [1.29, 1.82) is 0 Å². The van der Waals surface area contributed by atoms with E-state index in [1.807, 2.05) is 30.3 Å². The van der Waals surface area contributed by atoms with Gasteiger partial charge in [0.2, 0.25) is 0 Å². The van der Waals surface area contributed by atoms with Crippen LogP contribution in [0.25, 0.3) is 11.3 Å². The molecule has 2 aromatic carbocycles. The van der Waals surface area contributed by atoms with Crippen LogP contribution >= 0.6 is 0 Å². The fourth-order valence-electron chi connectivity index (χ4n) is 2.04. The van der Waals surface area contributed by atoms with Crippen LogP contribution < -0.4 is 5.32 Å². The Morgan fingerprint density at radius 2 is 1.91 bits per heavy atom. The normalized spacial score (nSPS) is 10.4. The third-order valence-electron chi connectivity index (χ3n) is 3.13. The van der Waals surface area contributed by atoms with E-state index in [9.17, 15) is 9.18 Å². The molecule has 110 valence electrons. The first kappa shape index (κ1) is 14.0. The van der Waals surface area contributed by atoms with E-state index in [0.29, 0.717) is 11.5 Å². The number of nitrogens with zero attached hydrogens (tertiary/aromatic N) is 1. The van der Waals surface area contributed by atoms with Crippen molar-refractivity contribution in [1.82, 2.24) is 10.5 Å². The summed E-state index contributed by atoms with van der Waals surface area (Å²) in [6.07, 6.45) is 0. The van der Waals surface area contributed by atoms with Crippen molar-refractivity contribution in [3.63, 3.8) is 0 Å². The molecule has 0 aliphatic rings. The molecular weight excluding hydrogens is 283 g/mol. The minimum absolute atomic E-state index is 0.214. The Balaban J connectivity index is 1.65. The zero-order valence-electron chi connectivity index (χ0n) is 11.6. The van der Waals surface area contributed by atoms with E-state index in [1.165, 1.54) is 18.2 Å². The second kappa shape index (κ2) is 6.22. The molecule has 3 rings (SSSR count). The Morgan fingerprint density at radius 1 is 1.09 bits per heavy atom. The van der Waals surface area contributed by atoms with Crippen LogP contribution in [0, 0.1) is 5.82 Å². The number of aromatic nitrogens is 1. The predicted octanol–water partition coefficient (Wildman–Crippen LogP) is 3.41. The molecule has 0 saturated heterocycles. The van der Waals surface area contributed by atoms with E-state index in [4.69, 9.17) is 4.52 Å². The topological polar surface area (TPSA) is 55.1 Å². The van der Waals surface area contributed by atoms with E-state index < -0.39 is 5.82 Å². The maximum absolute atomic E-state index is 13.1. The summed E-state index contributed by atoms with van der Waals surface area (Å²) in [7, 11) is 0. The van der Waals surface area contributed by atoms with Gasteiger partial charge >= 0.3 is 0 Å². The fourth-order valence-corrected chi connectivity index (χ4v) is 2.04. The number of benzene rings is 2. The molecule has 0 saturated carbocycles. The van der Waals surface area contributed by atoms with Gasteiger partial charge in [-0.15, -0.1) is 0 Å². The molecule has 0 aliphatic carbocycles. The second-order valence-electron chi connectivity index (χ2n) is 4.74. The zero-order valence-corrected chi connectivity index (χ0v) is 11.6. The molecule has 0 bridgehead atoms. The SMILES string of the molecule is O=C(NCc1cc(-c2ccccc2)on1)c1cccc(F)c1. The van der Waals surface area contributed by atoms with Gasteiger partial charge in [-0.25, -0.2) is 4.39 Å². The summed E-state index contributed by atoms with van der Waals surface area (Å²) >= 11 is 0. The molecule has 1 amide bonds. The van der Waals surface area contributed by atoms with Crippen molar-refractivity contribution in [3.05, 3.63) is 77.7 Å². The maximum Gasteiger partial charge on any atom is 0.251 e. The quantitative estimate of drug-likeness (QED) is 0.802. The number of carbonyl (C=O) groups excluding carboxylic acids is 1. The van der Waals surface area contributed by atoms with E-state index in [2.05, 4.69) is 10.5 Å². The van der Waals surface area contributed by atoms with Crippen LogP contribution in [0.4, 0.5) is 4.39 Å². The van der Waals surface area contributed by atoms with Gasteiger partial charge in [0.25, 0.3) is 5.91 Å². The zero-order chi connectivity index (χ0) is 15.4. The number of carbonyl (C=O) groups is 1. The number of hydrogen-bond acceptors (Lipinski definition) is 3. The lowest BCUT2D eigenvalue weighted by Gasteiger charge is -2.02. The Bertz CT molecular complexity index is 784. The molecule has 0 radical (unpaired) electrons. The van der Waals surface area contributed by atoms with Gasteiger partial charge in [0.05, 0.1) is 6.54 Å². The van der Waals surface area contributed by atoms with Crippen molar-refractivity contribution in [3.8, 4) is 11.3 Å². The molecule has 0 fully saturated rings. The highest BCUT2D eigenvalue weighted by molar-refractivity contribution is 5.94. The van der Waals surface area contributed by atoms with E-state index in [1.54, 1.807) is 12.1 Å². The molecule has 0 spiro atoms. The summed E-state index contributed by atoms with van der Waals surface area (Å²) in [6.45, 7) is 0.214. The van der Waals surface area contributed by atoms with Gasteiger partial charge in [-0.2, -0.15) is 0 Å². The Kier molecular flexibility index (Phi) is 3.96. The number of halogens is 1. The Hall–Kier alpha value is -2.95. The Morgan fingerprint density at radius 3 is 2.68 bits per heavy atom. The van der Waals surface area contributed by atoms with Crippen molar-refractivity contribution in [2.75, 3.05) is 0 Å². The van der Waals surface area contributed by atoms with Crippen molar-refractivity contribution in [2.45, 2.75) is 6.54 Å². The molecule has 0 atom stereocenters. The number of rotatable bonds is 4. The molecule has 22 heavy (non-hydrogen) atoms. The van der Waals surface area contributed by atoms with Crippen LogP contribution in [0.3, 0.4) is 0 Å². The molecule has 1 heterocycles. The Labute approximate surface area is 126 Å². The minimum atomic E-state index is -0.444. The first-order chi connectivity index (χ1) is 10.7. The average Bonchev–Trinajstić information content (AvgIpc) is 3.02. The van der Waals surface area contributed by atoms with Crippen molar-refractivity contribution < 1.29 is 13.7 Å². The summed E-state index contributed by atoms with van der Waals surface area (Å²) in [5, 5.41) is 6.59. The molecule has 0 unspecified atom stereocenters. The van der Waals surface area contributed by atoms with Gasteiger partial charge in [0, 0.05) is 17.2 Å². The molecule has 1 N–H and O–H groups in total. The van der Waals surface area contributed by atoms with Crippen LogP contribution in [0.1, 0.15) is 16.1 Å². The lowest BCUT2D eigenvalue weighted by atomic mass is 10.1. The molecule has 1 aromatic heterocycles. The van der Waals surface area contributed by atoms with Gasteiger partial charge in [0.1, 0.15) is 11.5 Å². The fraction of sp³-hybridized carbons (Fsp3) is 0.0588. The second-order valence-corrected chi connectivity index (χ2v) is 4.74. The van der Waals surface area contributed by atoms with E-state index >= 15 is 0 Å². The number of hydrogen-bond donors (Lipinski definition) is 1. The van der Waals surface area contributed by atoms with Crippen molar-refractivity contribution in [2.24, 2.45) is 0 Å². The van der Waals surface area contributed by atoms with Gasteiger partial charge in [-0.05, 0) is 18.2 Å². The molecule has 4 nitrogen and oxygen atoms in total. The molecule has 5 heteroatoms. The largest absolute Gasteiger partial charge is 0.356 e. The van der Waals surface area contributed by atoms with Crippen LogP contribution in [-0.4, -0.2) is 11.1 Å². The third kappa shape index (κ3) is 3.20. The lowest BCUT2D eigenvalue weighted by molar-refractivity contribution is 0.0949. The average molecular weight is 296 g/mol. The third-order valence-corrected chi connectivity index (χ3v) is 3.13. The molecular formula is C17H13FN2O2. The standard InChI is InChI=1S/C17H13FN2O2/c18-14-8-4-7-13(9-14)17(21)19-11-15-10-16(22-20-15)12-5-2-1-3-6-12/h1-10H,11H2,(H,19,21). The highest BCUT2D eigenvalue weighted by Gasteiger charge is 2.09. The lowest BCUT2D eigenvalue weighted by Crippen LogP contribution is -2.22.